The van der Waals surface area contributed by atoms with Crippen molar-refractivity contribution in [2.45, 2.75) is 20.4 Å². The van der Waals surface area contributed by atoms with Crippen molar-refractivity contribution in [1.82, 2.24) is 4.57 Å². The van der Waals surface area contributed by atoms with E-state index in [-0.39, 0.29) is 0 Å². The highest BCUT2D eigenvalue weighted by molar-refractivity contribution is 5.86. The molecule has 0 aliphatic rings. The van der Waals surface area contributed by atoms with Crippen LogP contribution in [0, 0.1) is 0 Å². The molecule has 0 atom stereocenters. The van der Waals surface area contributed by atoms with Crippen LogP contribution in [-0.2, 0) is 6.54 Å². The lowest BCUT2D eigenvalue weighted by atomic mass is 10.2. The first-order valence-electron chi connectivity index (χ1n) is 7.04. The van der Waals surface area contributed by atoms with Crippen LogP contribution in [0.5, 0.6) is 5.75 Å². The van der Waals surface area contributed by atoms with E-state index in [4.69, 9.17) is 4.74 Å². The van der Waals surface area contributed by atoms with Crippen LogP contribution in [0.1, 0.15) is 19.4 Å². The minimum Gasteiger partial charge on any atom is -0.496 e. The van der Waals surface area contributed by atoms with E-state index in [1.807, 2.05) is 32.0 Å². The molecule has 3 rings (SSSR count). The second-order valence-electron chi connectivity index (χ2n) is 4.32. The number of hydrogen-bond acceptors (Lipinski definition) is 1. The smallest absolute Gasteiger partial charge is 0.128 e. The average Bonchev–Trinajstić information content (AvgIpc) is 2.93. The normalized spacial score (nSPS) is 9.95. The Balaban J connectivity index is 0.000000704. The van der Waals surface area contributed by atoms with Crippen LogP contribution in [0.2, 0.25) is 0 Å². The zero-order valence-electron chi connectivity index (χ0n) is 12.3. The van der Waals surface area contributed by atoms with Crippen LogP contribution in [0.4, 0.5) is 0 Å². The molecule has 2 aromatic carbocycles. The number of aromatic nitrogens is 1. The van der Waals surface area contributed by atoms with Crippen LogP contribution >= 0.6 is 0 Å². The third-order valence-electron chi connectivity index (χ3n) is 3.19. The molecule has 0 spiro atoms. The average molecular weight is 267 g/mol. The predicted molar refractivity (Wildman–Crippen MR) is 85.4 cm³/mol. The van der Waals surface area contributed by atoms with Crippen LogP contribution in [0.15, 0.2) is 60.8 Å². The van der Waals surface area contributed by atoms with Gasteiger partial charge in [-0.25, -0.2) is 0 Å². The van der Waals surface area contributed by atoms with Gasteiger partial charge >= 0.3 is 0 Å². The van der Waals surface area contributed by atoms with Gasteiger partial charge < -0.3 is 9.30 Å². The number of nitrogens with zero attached hydrogens (tertiary/aromatic N) is 1. The van der Waals surface area contributed by atoms with Crippen LogP contribution in [0.3, 0.4) is 0 Å². The Bertz CT molecular complexity index is 655. The maximum absolute atomic E-state index is 5.38. The van der Waals surface area contributed by atoms with Crippen molar-refractivity contribution in [3.63, 3.8) is 0 Å². The zero-order chi connectivity index (χ0) is 14.4. The summed E-state index contributed by atoms with van der Waals surface area (Å²) in [7, 11) is 1.71. The molecule has 0 unspecified atom stereocenters. The zero-order valence-corrected chi connectivity index (χ0v) is 12.3. The molecule has 0 aliphatic heterocycles. The summed E-state index contributed by atoms with van der Waals surface area (Å²) >= 11 is 0. The first kappa shape index (κ1) is 14.2. The molecule has 104 valence electrons. The monoisotopic (exact) mass is 267 g/mol. The van der Waals surface area contributed by atoms with Gasteiger partial charge in [0, 0.05) is 18.1 Å². The van der Waals surface area contributed by atoms with Gasteiger partial charge in [0.25, 0.3) is 0 Å². The standard InChI is InChI=1S/C16H15NO.C2H6/c1-18-16-9-5-8-15-14(16)10-11-17(15)12-13-6-3-2-4-7-13;1-2/h2-11H,12H2,1H3;1-2H3. The minimum atomic E-state index is 0.886. The maximum Gasteiger partial charge on any atom is 0.128 e. The van der Waals surface area contributed by atoms with E-state index in [0.29, 0.717) is 0 Å². The molecular formula is C18H21NO. The van der Waals surface area contributed by atoms with E-state index < -0.39 is 0 Å². The Morgan fingerprint density at radius 1 is 0.900 bits per heavy atom. The number of methoxy groups -OCH3 is 1. The van der Waals surface area contributed by atoms with Crippen molar-refractivity contribution in [2.75, 3.05) is 7.11 Å². The molecule has 1 aromatic heterocycles. The van der Waals surface area contributed by atoms with Gasteiger partial charge in [-0.2, -0.15) is 0 Å². The fourth-order valence-electron chi connectivity index (χ4n) is 2.29. The number of ether oxygens (including phenoxy) is 1. The Labute approximate surface area is 120 Å². The highest BCUT2D eigenvalue weighted by atomic mass is 16.5. The Hall–Kier alpha value is -2.22. The summed E-state index contributed by atoms with van der Waals surface area (Å²) in [6, 6.07) is 18.7. The highest BCUT2D eigenvalue weighted by Gasteiger charge is 2.05. The molecule has 0 bridgehead atoms. The van der Waals surface area contributed by atoms with Gasteiger partial charge in [0.05, 0.1) is 12.6 Å². The van der Waals surface area contributed by atoms with E-state index >= 15 is 0 Å². The summed E-state index contributed by atoms with van der Waals surface area (Å²) in [5, 5.41) is 1.16. The van der Waals surface area contributed by atoms with Crippen LogP contribution in [-0.4, -0.2) is 11.7 Å². The van der Waals surface area contributed by atoms with Crippen LogP contribution < -0.4 is 4.74 Å². The first-order chi connectivity index (χ1) is 9.88. The first-order valence-corrected chi connectivity index (χ1v) is 7.04. The second kappa shape index (κ2) is 6.80. The van der Waals surface area contributed by atoms with Gasteiger partial charge in [-0.15, -0.1) is 0 Å². The SMILES string of the molecule is CC.COc1cccc2c1ccn2Cc1ccccc1. The van der Waals surface area contributed by atoms with Gasteiger partial charge in [0.1, 0.15) is 5.75 Å². The van der Waals surface area contributed by atoms with Crippen LogP contribution in [0.25, 0.3) is 10.9 Å². The molecule has 0 aliphatic carbocycles. The largest absolute Gasteiger partial charge is 0.496 e. The summed E-state index contributed by atoms with van der Waals surface area (Å²) in [6.45, 7) is 4.89. The van der Waals surface area contributed by atoms with E-state index in [9.17, 15) is 0 Å². The Morgan fingerprint density at radius 3 is 2.35 bits per heavy atom. The molecule has 0 N–H and O–H groups in total. The lowest BCUT2D eigenvalue weighted by molar-refractivity contribution is 0.420. The molecule has 2 nitrogen and oxygen atoms in total. The second-order valence-corrected chi connectivity index (χ2v) is 4.32. The van der Waals surface area contributed by atoms with Gasteiger partial charge in [-0.3, -0.25) is 0 Å². The molecule has 2 heteroatoms. The topological polar surface area (TPSA) is 14.2 Å². The van der Waals surface area contributed by atoms with E-state index in [0.717, 1.165) is 17.7 Å². The third-order valence-corrected chi connectivity index (χ3v) is 3.19. The summed E-state index contributed by atoms with van der Waals surface area (Å²) in [6.07, 6.45) is 2.11. The quantitative estimate of drug-likeness (QED) is 0.669. The third kappa shape index (κ3) is 2.85. The number of rotatable bonds is 3. The number of benzene rings is 2. The van der Waals surface area contributed by atoms with Gasteiger partial charge in [-0.05, 0) is 23.8 Å². The molecule has 20 heavy (non-hydrogen) atoms. The van der Waals surface area contributed by atoms with Crippen molar-refractivity contribution in [2.24, 2.45) is 0 Å². The maximum atomic E-state index is 5.38. The van der Waals surface area contributed by atoms with E-state index in [1.165, 1.54) is 11.1 Å². The molecule has 0 saturated heterocycles. The molecule has 0 radical (unpaired) electrons. The summed E-state index contributed by atoms with van der Waals surface area (Å²) in [5.74, 6) is 0.930. The Kier molecular flexibility index (Phi) is 4.83. The van der Waals surface area contributed by atoms with E-state index in [1.54, 1.807) is 7.11 Å². The fraction of sp³-hybridized carbons (Fsp3) is 0.222. The highest BCUT2D eigenvalue weighted by Crippen LogP contribution is 2.26. The molecule has 0 amide bonds. The van der Waals surface area contributed by atoms with Gasteiger partial charge in [0.2, 0.25) is 0 Å². The van der Waals surface area contributed by atoms with Crippen molar-refractivity contribution in [3.05, 3.63) is 66.4 Å². The summed E-state index contributed by atoms with van der Waals surface area (Å²) < 4.78 is 7.62. The Morgan fingerprint density at radius 2 is 1.65 bits per heavy atom. The van der Waals surface area contributed by atoms with Crippen molar-refractivity contribution in [3.8, 4) is 5.75 Å². The molecule has 0 fully saturated rings. The van der Waals surface area contributed by atoms with E-state index in [2.05, 4.69) is 47.2 Å². The lowest BCUT2D eigenvalue weighted by Crippen LogP contribution is -1.97. The van der Waals surface area contributed by atoms with Gasteiger partial charge in [0.15, 0.2) is 0 Å². The molecule has 1 heterocycles. The van der Waals surface area contributed by atoms with Crippen molar-refractivity contribution >= 4 is 10.9 Å². The predicted octanol–water partition coefficient (Wildman–Crippen LogP) is 4.72. The van der Waals surface area contributed by atoms with Gasteiger partial charge in [-0.1, -0.05) is 50.2 Å². The van der Waals surface area contributed by atoms with Crippen molar-refractivity contribution < 1.29 is 4.74 Å². The summed E-state index contributed by atoms with van der Waals surface area (Å²) in [5.41, 5.74) is 2.51. The summed E-state index contributed by atoms with van der Waals surface area (Å²) in [4.78, 5) is 0. The molecule has 3 aromatic rings. The number of fused-ring (bicyclic) bond motifs is 1. The molecular weight excluding hydrogens is 246 g/mol. The molecule has 0 saturated carbocycles. The minimum absolute atomic E-state index is 0.886. The fourth-order valence-corrected chi connectivity index (χ4v) is 2.29. The number of hydrogen-bond donors (Lipinski definition) is 0. The lowest BCUT2D eigenvalue weighted by Gasteiger charge is -2.07. The van der Waals surface area contributed by atoms with Crippen molar-refractivity contribution in [1.29, 1.82) is 0 Å².